The number of hydrogen-bond donors (Lipinski definition) is 1. The van der Waals surface area contributed by atoms with E-state index in [-0.39, 0.29) is 5.91 Å². The molecule has 1 aliphatic heterocycles. The normalized spacial score (nSPS) is 15.5. The number of rotatable bonds is 3. The van der Waals surface area contributed by atoms with Crippen molar-refractivity contribution in [2.75, 3.05) is 25.5 Å². The van der Waals surface area contributed by atoms with Crippen molar-refractivity contribution in [2.45, 2.75) is 32.1 Å². The van der Waals surface area contributed by atoms with Gasteiger partial charge in [0.15, 0.2) is 0 Å². The lowest BCUT2D eigenvalue weighted by Crippen LogP contribution is -2.33. The van der Waals surface area contributed by atoms with Gasteiger partial charge in [-0.15, -0.1) is 0 Å². The summed E-state index contributed by atoms with van der Waals surface area (Å²) in [7, 11) is 1.91. The number of carbonyl (C=O) groups is 1. The molecule has 2 aromatic rings. The van der Waals surface area contributed by atoms with E-state index in [1.165, 1.54) is 19.3 Å². The molecule has 3 rings (SSSR count). The van der Waals surface area contributed by atoms with Gasteiger partial charge in [-0.2, -0.15) is 0 Å². The number of amides is 1. The second-order valence-corrected chi connectivity index (χ2v) is 6.47. The third-order valence-electron chi connectivity index (χ3n) is 4.76. The maximum Gasteiger partial charge on any atom is 0.253 e. The summed E-state index contributed by atoms with van der Waals surface area (Å²) in [5, 5.41) is 3.13. The minimum atomic E-state index is 0.172. The molecule has 0 aromatic heterocycles. The van der Waals surface area contributed by atoms with Crippen LogP contribution in [-0.2, 0) is 0 Å². The molecule has 126 valence electrons. The lowest BCUT2D eigenvalue weighted by molar-refractivity contribution is 0.0742. The van der Waals surface area contributed by atoms with Crippen LogP contribution in [0.25, 0.3) is 11.1 Å². The fourth-order valence-corrected chi connectivity index (χ4v) is 3.29. The molecule has 24 heavy (non-hydrogen) atoms. The molecular weight excluding hydrogens is 296 g/mol. The Bertz CT molecular complexity index is 670. The van der Waals surface area contributed by atoms with Crippen molar-refractivity contribution in [3.05, 3.63) is 54.1 Å². The van der Waals surface area contributed by atoms with E-state index in [9.17, 15) is 4.79 Å². The third-order valence-corrected chi connectivity index (χ3v) is 4.76. The molecule has 1 heterocycles. The molecule has 1 fully saturated rings. The van der Waals surface area contributed by atoms with Crippen LogP contribution in [0.3, 0.4) is 0 Å². The lowest BCUT2D eigenvalue weighted by Gasteiger charge is -2.25. The minimum Gasteiger partial charge on any atom is -0.388 e. The van der Waals surface area contributed by atoms with Crippen LogP contribution >= 0.6 is 0 Å². The molecule has 0 bridgehead atoms. The number of carbonyl (C=O) groups excluding carboxylic acids is 1. The first-order chi connectivity index (χ1) is 11.8. The van der Waals surface area contributed by atoms with Gasteiger partial charge >= 0.3 is 0 Å². The van der Waals surface area contributed by atoms with Crippen molar-refractivity contribution >= 4 is 11.6 Å². The number of nitrogens with zero attached hydrogens (tertiary/aromatic N) is 1. The maximum absolute atomic E-state index is 12.9. The van der Waals surface area contributed by atoms with Gasteiger partial charge in [0.25, 0.3) is 5.91 Å². The van der Waals surface area contributed by atoms with E-state index in [4.69, 9.17) is 0 Å². The molecule has 1 aliphatic rings. The van der Waals surface area contributed by atoms with Gasteiger partial charge in [0, 0.05) is 31.4 Å². The molecule has 3 nitrogen and oxygen atoms in total. The molecule has 1 saturated heterocycles. The highest BCUT2D eigenvalue weighted by atomic mass is 16.2. The highest BCUT2D eigenvalue weighted by molar-refractivity contribution is 5.95. The molecule has 0 aliphatic carbocycles. The van der Waals surface area contributed by atoms with E-state index in [0.29, 0.717) is 0 Å². The number of hydrogen-bond acceptors (Lipinski definition) is 2. The van der Waals surface area contributed by atoms with E-state index in [1.807, 2.05) is 30.1 Å². The van der Waals surface area contributed by atoms with Gasteiger partial charge in [0.1, 0.15) is 0 Å². The summed E-state index contributed by atoms with van der Waals surface area (Å²) in [6.07, 6.45) is 6.03. The molecule has 3 heteroatoms. The SMILES string of the molecule is CNc1ccc(-c2cccc(C(=O)N3CCCCCCC3)c2)cc1. The van der Waals surface area contributed by atoms with Crippen LogP contribution in [0.4, 0.5) is 5.69 Å². The topological polar surface area (TPSA) is 32.3 Å². The van der Waals surface area contributed by atoms with Crippen molar-refractivity contribution in [3.63, 3.8) is 0 Å². The van der Waals surface area contributed by atoms with E-state index in [0.717, 1.165) is 48.3 Å². The first-order valence-corrected chi connectivity index (χ1v) is 8.95. The number of likely N-dealkylation sites (tertiary alicyclic amines) is 1. The second kappa shape index (κ2) is 8.00. The molecule has 0 radical (unpaired) electrons. The number of anilines is 1. The first kappa shape index (κ1) is 16.6. The summed E-state index contributed by atoms with van der Waals surface area (Å²) in [5.74, 6) is 0.172. The third kappa shape index (κ3) is 3.97. The smallest absolute Gasteiger partial charge is 0.253 e. The molecule has 0 atom stereocenters. The van der Waals surface area contributed by atoms with Gasteiger partial charge in [-0.3, -0.25) is 4.79 Å². The van der Waals surface area contributed by atoms with Crippen molar-refractivity contribution in [1.82, 2.24) is 4.90 Å². The Morgan fingerprint density at radius 1 is 0.875 bits per heavy atom. The summed E-state index contributed by atoms with van der Waals surface area (Å²) in [5.41, 5.74) is 4.12. The highest BCUT2D eigenvalue weighted by Gasteiger charge is 2.17. The van der Waals surface area contributed by atoms with Crippen molar-refractivity contribution in [1.29, 1.82) is 0 Å². The largest absolute Gasteiger partial charge is 0.388 e. The van der Waals surface area contributed by atoms with Crippen molar-refractivity contribution < 1.29 is 4.79 Å². The number of nitrogens with one attached hydrogen (secondary N) is 1. The van der Waals surface area contributed by atoms with Crippen LogP contribution in [0.2, 0.25) is 0 Å². The lowest BCUT2D eigenvalue weighted by atomic mass is 10.0. The average molecular weight is 322 g/mol. The fourth-order valence-electron chi connectivity index (χ4n) is 3.29. The summed E-state index contributed by atoms with van der Waals surface area (Å²) in [6, 6.07) is 16.3. The van der Waals surface area contributed by atoms with Gasteiger partial charge < -0.3 is 10.2 Å². The second-order valence-electron chi connectivity index (χ2n) is 6.47. The molecule has 2 aromatic carbocycles. The Hall–Kier alpha value is -2.29. The highest BCUT2D eigenvalue weighted by Crippen LogP contribution is 2.23. The predicted octanol–water partition coefficient (Wildman–Crippen LogP) is 4.80. The van der Waals surface area contributed by atoms with E-state index >= 15 is 0 Å². The zero-order valence-corrected chi connectivity index (χ0v) is 14.4. The van der Waals surface area contributed by atoms with E-state index < -0.39 is 0 Å². The molecule has 1 N–H and O–H groups in total. The van der Waals surface area contributed by atoms with Crippen LogP contribution in [0.5, 0.6) is 0 Å². The molecular formula is C21H26N2O. The van der Waals surface area contributed by atoms with Gasteiger partial charge in [0.2, 0.25) is 0 Å². The summed E-state index contributed by atoms with van der Waals surface area (Å²) < 4.78 is 0. The van der Waals surface area contributed by atoms with Gasteiger partial charge in [-0.05, 0) is 48.2 Å². The van der Waals surface area contributed by atoms with Crippen LogP contribution < -0.4 is 5.32 Å². The molecule has 0 unspecified atom stereocenters. The monoisotopic (exact) mass is 322 g/mol. The molecule has 1 amide bonds. The summed E-state index contributed by atoms with van der Waals surface area (Å²) in [4.78, 5) is 14.9. The minimum absolute atomic E-state index is 0.172. The van der Waals surface area contributed by atoms with Crippen LogP contribution in [0.1, 0.15) is 42.5 Å². The van der Waals surface area contributed by atoms with Crippen LogP contribution in [-0.4, -0.2) is 30.9 Å². The Morgan fingerprint density at radius 3 is 2.21 bits per heavy atom. The maximum atomic E-state index is 12.9. The van der Waals surface area contributed by atoms with Gasteiger partial charge in [-0.1, -0.05) is 43.5 Å². The van der Waals surface area contributed by atoms with Crippen LogP contribution in [0.15, 0.2) is 48.5 Å². The zero-order chi connectivity index (χ0) is 16.8. The van der Waals surface area contributed by atoms with Gasteiger partial charge in [-0.25, -0.2) is 0 Å². The Balaban J connectivity index is 1.79. The Morgan fingerprint density at radius 2 is 1.54 bits per heavy atom. The standard InChI is InChI=1S/C21H26N2O/c1-22-20-12-10-17(11-13-20)18-8-7-9-19(16-18)21(24)23-14-5-3-2-4-6-15-23/h7-13,16,22H,2-6,14-15H2,1H3. The van der Waals surface area contributed by atoms with Crippen molar-refractivity contribution in [3.8, 4) is 11.1 Å². The molecule has 0 spiro atoms. The Labute approximate surface area is 144 Å². The van der Waals surface area contributed by atoms with Crippen LogP contribution in [0, 0.1) is 0 Å². The summed E-state index contributed by atoms with van der Waals surface area (Å²) in [6.45, 7) is 1.78. The van der Waals surface area contributed by atoms with E-state index in [2.05, 4.69) is 35.6 Å². The van der Waals surface area contributed by atoms with Gasteiger partial charge in [0.05, 0.1) is 0 Å². The predicted molar refractivity (Wildman–Crippen MR) is 100 cm³/mol. The Kier molecular flexibility index (Phi) is 5.52. The first-order valence-electron chi connectivity index (χ1n) is 8.95. The van der Waals surface area contributed by atoms with E-state index in [1.54, 1.807) is 0 Å². The number of benzene rings is 2. The average Bonchev–Trinajstić information content (AvgIpc) is 2.61. The summed E-state index contributed by atoms with van der Waals surface area (Å²) >= 11 is 0. The quantitative estimate of drug-likeness (QED) is 0.880. The fraction of sp³-hybridized carbons (Fsp3) is 0.381. The zero-order valence-electron chi connectivity index (χ0n) is 14.4. The molecule has 0 saturated carbocycles. The van der Waals surface area contributed by atoms with Crippen molar-refractivity contribution in [2.24, 2.45) is 0 Å².